The highest BCUT2D eigenvalue weighted by molar-refractivity contribution is 7.18. The SMILES string of the molecule is Cc1cc(CO[C@H]2CCCN([C@H](C)c3cc4nc(C)sc4cc3F)C2)cc(C)n1. The van der Waals surface area contributed by atoms with E-state index in [2.05, 4.69) is 33.9 Å². The predicted molar refractivity (Wildman–Crippen MR) is 116 cm³/mol. The van der Waals surface area contributed by atoms with Gasteiger partial charge in [-0.25, -0.2) is 9.37 Å². The number of pyridine rings is 1. The summed E-state index contributed by atoms with van der Waals surface area (Å²) in [6.07, 6.45) is 2.26. The maximum Gasteiger partial charge on any atom is 0.129 e. The molecule has 4 nitrogen and oxygen atoms in total. The van der Waals surface area contributed by atoms with Crippen LogP contribution in [-0.2, 0) is 11.3 Å². The number of benzene rings is 1. The third kappa shape index (κ3) is 4.65. The maximum atomic E-state index is 14.8. The van der Waals surface area contributed by atoms with Crippen LogP contribution in [0.3, 0.4) is 0 Å². The Bertz CT molecular complexity index is 999. The summed E-state index contributed by atoms with van der Waals surface area (Å²) in [5.41, 5.74) is 4.82. The van der Waals surface area contributed by atoms with Crippen molar-refractivity contribution < 1.29 is 9.13 Å². The van der Waals surface area contributed by atoms with Crippen molar-refractivity contribution >= 4 is 21.6 Å². The highest BCUT2D eigenvalue weighted by Crippen LogP contribution is 2.32. The number of piperidine rings is 1. The molecular formula is C23H28FN3OS. The van der Waals surface area contributed by atoms with Crippen molar-refractivity contribution in [2.24, 2.45) is 0 Å². The summed E-state index contributed by atoms with van der Waals surface area (Å²) in [4.78, 5) is 11.3. The van der Waals surface area contributed by atoms with Gasteiger partial charge in [0.15, 0.2) is 0 Å². The zero-order valence-corrected chi connectivity index (χ0v) is 18.4. The first-order valence-electron chi connectivity index (χ1n) is 10.3. The molecule has 1 fully saturated rings. The largest absolute Gasteiger partial charge is 0.372 e. The molecule has 1 aromatic carbocycles. The summed E-state index contributed by atoms with van der Waals surface area (Å²) in [6.45, 7) is 10.4. The minimum Gasteiger partial charge on any atom is -0.372 e. The number of fused-ring (bicyclic) bond motifs is 1. The van der Waals surface area contributed by atoms with E-state index in [9.17, 15) is 4.39 Å². The third-order valence-electron chi connectivity index (χ3n) is 5.65. The van der Waals surface area contributed by atoms with Crippen LogP contribution in [0.15, 0.2) is 24.3 Å². The standard InChI is InChI=1S/C23H28FN3OS/c1-14-8-18(9-15(2)25-14)13-28-19-6-5-7-27(12-19)16(3)20-10-22-23(11-21(20)24)29-17(4)26-22/h8-11,16,19H,5-7,12-13H2,1-4H3/t16-,19+/m1/s1. The van der Waals surface area contributed by atoms with Crippen LogP contribution in [0.1, 0.15) is 53.3 Å². The molecule has 0 saturated carbocycles. The Hall–Kier alpha value is -1.89. The quantitative estimate of drug-likeness (QED) is 0.554. The molecule has 0 bridgehead atoms. The van der Waals surface area contributed by atoms with Crippen LogP contribution >= 0.6 is 11.3 Å². The third-order valence-corrected chi connectivity index (χ3v) is 6.58. The van der Waals surface area contributed by atoms with E-state index in [0.717, 1.165) is 63.7 Å². The zero-order valence-electron chi connectivity index (χ0n) is 17.5. The lowest BCUT2D eigenvalue weighted by Gasteiger charge is -2.37. The Morgan fingerprint density at radius 1 is 1.17 bits per heavy atom. The smallest absolute Gasteiger partial charge is 0.129 e. The van der Waals surface area contributed by atoms with Crippen LogP contribution < -0.4 is 0 Å². The second kappa shape index (κ2) is 8.46. The van der Waals surface area contributed by atoms with Crippen molar-refractivity contribution in [1.29, 1.82) is 0 Å². The molecule has 3 heterocycles. The Balaban J connectivity index is 1.44. The molecule has 29 heavy (non-hydrogen) atoms. The summed E-state index contributed by atoms with van der Waals surface area (Å²) in [7, 11) is 0. The molecule has 154 valence electrons. The average Bonchev–Trinajstić information content (AvgIpc) is 3.03. The molecule has 2 aromatic heterocycles. The van der Waals surface area contributed by atoms with Crippen LogP contribution in [0, 0.1) is 26.6 Å². The fourth-order valence-corrected chi connectivity index (χ4v) is 5.10. The van der Waals surface area contributed by atoms with Gasteiger partial charge >= 0.3 is 0 Å². The Kier molecular flexibility index (Phi) is 5.95. The molecular weight excluding hydrogens is 385 g/mol. The fourth-order valence-electron chi connectivity index (χ4n) is 4.27. The molecule has 1 aliphatic heterocycles. The molecule has 0 radical (unpaired) electrons. The van der Waals surface area contributed by atoms with Crippen molar-refractivity contribution in [2.75, 3.05) is 13.1 Å². The number of ether oxygens (including phenoxy) is 1. The highest BCUT2D eigenvalue weighted by atomic mass is 32.1. The molecule has 3 aromatic rings. The van der Waals surface area contributed by atoms with Gasteiger partial charge in [0.05, 0.1) is 27.9 Å². The van der Waals surface area contributed by atoms with E-state index in [1.54, 1.807) is 6.07 Å². The lowest BCUT2D eigenvalue weighted by Crippen LogP contribution is -2.41. The molecule has 1 aliphatic rings. The highest BCUT2D eigenvalue weighted by Gasteiger charge is 2.27. The van der Waals surface area contributed by atoms with Crippen molar-refractivity contribution in [3.05, 3.63) is 57.6 Å². The van der Waals surface area contributed by atoms with Crippen molar-refractivity contribution in [3.63, 3.8) is 0 Å². The zero-order chi connectivity index (χ0) is 20.5. The number of thiazole rings is 1. The first kappa shape index (κ1) is 20.4. The minimum absolute atomic E-state index is 0.00165. The lowest BCUT2D eigenvalue weighted by molar-refractivity contribution is -0.0202. The normalized spacial score (nSPS) is 19.0. The van der Waals surface area contributed by atoms with Gasteiger partial charge in [0.2, 0.25) is 0 Å². The summed E-state index contributed by atoms with van der Waals surface area (Å²) >= 11 is 1.54. The number of hydrogen-bond donors (Lipinski definition) is 0. The van der Waals surface area contributed by atoms with Crippen molar-refractivity contribution in [3.8, 4) is 0 Å². The van der Waals surface area contributed by atoms with E-state index in [0.29, 0.717) is 6.61 Å². The number of halogens is 1. The number of aromatic nitrogens is 2. The summed E-state index contributed by atoms with van der Waals surface area (Å²) in [5.74, 6) is -0.139. The Labute approximate surface area is 175 Å². The van der Waals surface area contributed by atoms with Crippen LogP contribution in [0.5, 0.6) is 0 Å². The van der Waals surface area contributed by atoms with Gasteiger partial charge in [0.1, 0.15) is 5.82 Å². The Morgan fingerprint density at radius 2 is 1.93 bits per heavy atom. The van der Waals surface area contributed by atoms with Gasteiger partial charge in [-0.05, 0) is 76.9 Å². The second-order valence-electron chi connectivity index (χ2n) is 8.08. The average molecular weight is 414 g/mol. The molecule has 2 atom stereocenters. The molecule has 1 saturated heterocycles. The number of aryl methyl sites for hydroxylation is 3. The van der Waals surface area contributed by atoms with E-state index in [4.69, 9.17) is 4.74 Å². The molecule has 6 heteroatoms. The van der Waals surface area contributed by atoms with Crippen molar-refractivity contribution in [2.45, 2.75) is 59.3 Å². The van der Waals surface area contributed by atoms with Crippen LogP contribution in [0.25, 0.3) is 10.2 Å². The van der Waals surface area contributed by atoms with Crippen LogP contribution in [-0.4, -0.2) is 34.1 Å². The number of nitrogens with zero attached hydrogens (tertiary/aromatic N) is 3. The van der Waals surface area contributed by atoms with Gasteiger partial charge in [-0.3, -0.25) is 9.88 Å². The summed E-state index contributed by atoms with van der Waals surface area (Å²) < 4.78 is 21.9. The van der Waals surface area contributed by atoms with Gasteiger partial charge in [-0.2, -0.15) is 0 Å². The van der Waals surface area contributed by atoms with Crippen molar-refractivity contribution in [1.82, 2.24) is 14.9 Å². The van der Waals surface area contributed by atoms with E-state index in [1.807, 2.05) is 26.8 Å². The molecule has 4 rings (SSSR count). The first-order valence-corrected chi connectivity index (χ1v) is 11.1. The maximum absolute atomic E-state index is 14.8. The number of hydrogen-bond acceptors (Lipinski definition) is 5. The fraction of sp³-hybridized carbons (Fsp3) is 0.478. The lowest BCUT2D eigenvalue weighted by atomic mass is 10.0. The predicted octanol–water partition coefficient (Wildman–Crippen LogP) is 5.50. The van der Waals surface area contributed by atoms with E-state index < -0.39 is 0 Å². The van der Waals surface area contributed by atoms with Gasteiger partial charge < -0.3 is 4.74 Å². The van der Waals surface area contributed by atoms with Crippen LogP contribution in [0.2, 0.25) is 0 Å². The molecule has 0 unspecified atom stereocenters. The molecule has 0 aliphatic carbocycles. The molecule has 0 N–H and O–H groups in total. The van der Waals surface area contributed by atoms with E-state index in [1.165, 1.54) is 11.3 Å². The first-order chi connectivity index (χ1) is 13.9. The van der Waals surface area contributed by atoms with Gasteiger partial charge in [0.25, 0.3) is 0 Å². The van der Waals surface area contributed by atoms with Crippen LogP contribution in [0.4, 0.5) is 4.39 Å². The monoisotopic (exact) mass is 413 g/mol. The Morgan fingerprint density at radius 3 is 2.69 bits per heavy atom. The number of rotatable bonds is 5. The molecule has 0 spiro atoms. The van der Waals surface area contributed by atoms with Gasteiger partial charge in [0, 0.05) is 29.5 Å². The molecule has 0 amide bonds. The van der Waals surface area contributed by atoms with E-state index in [-0.39, 0.29) is 18.0 Å². The van der Waals surface area contributed by atoms with E-state index >= 15 is 0 Å². The summed E-state index contributed by atoms with van der Waals surface area (Å²) in [6, 6.07) is 7.72. The van der Waals surface area contributed by atoms with Gasteiger partial charge in [-0.1, -0.05) is 0 Å². The number of likely N-dealkylation sites (tertiary alicyclic amines) is 1. The van der Waals surface area contributed by atoms with Gasteiger partial charge in [-0.15, -0.1) is 11.3 Å². The minimum atomic E-state index is -0.139. The topological polar surface area (TPSA) is 38.2 Å². The summed E-state index contributed by atoms with van der Waals surface area (Å²) in [5, 5.41) is 0.970. The second-order valence-corrected chi connectivity index (χ2v) is 9.31.